The van der Waals surface area contributed by atoms with Crippen molar-refractivity contribution in [3.8, 4) is 11.4 Å². The Morgan fingerprint density at radius 3 is 2.85 bits per heavy atom. The molecule has 1 N–H and O–H groups in total. The first kappa shape index (κ1) is 12.8. The van der Waals surface area contributed by atoms with Gasteiger partial charge in [-0.25, -0.2) is 9.67 Å². The zero-order chi connectivity index (χ0) is 14.3. The minimum atomic E-state index is -0.751. The first-order valence-electron chi connectivity index (χ1n) is 6.79. The van der Waals surface area contributed by atoms with Crippen LogP contribution >= 0.6 is 0 Å². The average molecular weight is 271 g/mol. The molecule has 0 amide bonds. The normalized spacial score (nSPS) is 17.8. The van der Waals surface area contributed by atoms with Gasteiger partial charge >= 0.3 is 5.97 Å². The van der Waals surface area contributed by atoms with E-state index < -0.39 is 5.97 Å². The van der Waals surface area contributed by atoms with E-state index in [1.165, 1.54) is 11.1 Å². The van der Waals surface area contributed by atoms with Crippen molar-refractivity contribution < 1.29 is 9.90 Å². The molecular weight excluding hydrogens is 254 g/mol. The van der Waals surface area contributed by atoms with Gasteiger partial charge in [0.05, 0.1) is 12.5 Å². The Balaban J connectivity index is 1.94. The maximum atomic E-state index is 11.1. The molecule has 1 unspecified atom stereocenters. The summed E-state index contributed by atoms with van der Waals surface area (Å²) in [7, 11) is 0. The highest BCUT2D eigenvalue weighted by Gasteiger charge is 2.26. The molecule has 104 valence electrons. The summed E-state index contributed by atoms with van der Waals surface area (Å²) in [5.41, 5.74) is 3.43. The van der Waals surface area contributed by atoms with Crippen molar-refractivity contribution in [2.75, 3.05) is 0 Å². The molecule has 20 heavy (non-hydrogen) atoms. The summed E-state index contributed by atoms with van der Waals surface area (Å²) in [6, 6.07) is 6.15. The summed E-state index contributed by atoms with van der Waals surface area (Å²) in [5.74, 6) is 0.473. The van der Waals surface area contributed by atoms with Crippen LogP contribution in [0.4, 0.5) is 0 Å². The van der Waals surface area contributed by atoms with E-state index in [-0.39, 0.29) is 5.92 Å². The van der Waals surface area contributed by atoms with Gasteiger partial charge in [0.1, 0.15) is 5.82 Å². The van der Waals surface area contributed by atoms with Crippen molar-refractivity contribution in [1.29, 1.82) is 0 Å². The van der Waals surface area contributed by atoms with Gasteiger partial charge in [0.2, 0.25) is 0 Å². The maximum absolute atomic E-state index is 11.1. The van der Waals surface area contributed by atoms with Crippen LogP contribution in [0.5, 0.6) is 0 Å². The number of carboxylic acids is 1. The van der Waals surface area contributed by atoms with Crippen molar-refractivity contribution in [3.63, 3.8) is 0 Å². The van der Waals surface area contributed by atoms with Gasteiger partial charge in [-0.15, -0.1) is 0 Å². The van der Waals surface area contributed by atoms with Crippen LogP contribution in [0.1, 0.15) is 23.4 Å². The van der Waals surface area contributed by atoms with Crippen molar-refractivity contribution in [1.82, 2.24) is 14.8 Å². The van der Waals surface area contributed by atoms with E-state index in [0.717, 1.165) is 11.4 Å². The molecule has 0 fully saturated rings. The van der Waals surface area contributed by atoms with Crippen LogP contribution in [0, 0.1) is 19.8 Å². The third-order valence-electron chi connectivity index (χ3n) is 3.97. The lowest BCUT2D eigenvalue weighted by Crippen LogP contribution is -2.27. The molecule has 0 bridgehead atoms. The Labute approximate surface area is 117 Å². The number of carboxylic acid groups (broad SMARTS) is 1. The highest BCUT2D eigenvalue weighted by molar-refractivity contribution is 5.70. The Hall–Kier alpha value is -2.17. The fourth-order valence-corrected chi connectivity index (χ4v) is 2.51. The number of aliphatic carboxylic acids is 1. The molecule has 3 rings (SSSR count). The highest BCUT2D eigenvalue weighted by Crippen LogP contribution is 2.24. The molecule has 2 heterocycles. The second-order valence-electron chi connectivity index (χ2n) is 5.41. The molecule has 1 atom stereocenters. The summed E-state index contributed by atoms with van der Waals surface area (Å²) >= 11 is 0. The fourth-order valence-electron chi connectivity index (χ4n) is 2.51. The number of hydrogen-bond acceptors (Lipinski definition) is 3. The largest absolute Gasteiger partial charge is 0.481 e. The molecule has 1 aliphatic rings. The van der Waals surface area contributed by atoms with E-state index >= 15 is 0 Å². The van der Waals surface area contributed by atoms with Gasteiger partial charge < -0.3 is 5.11 Å². The van der Waals surface area contributed by atoms with Crippen molar-refractivity contribution in [3.05, 3.63) is 35.2 Å². The molecule has 2 aromatic rings. The van der Waals surface area contributed by atoms with Crippen LogP contribution in [0.2, 0.25) is 0 Å². The summed E-state index contributed by atoms with van der Waals surface area (Å²) in [6.45, 7) is 4.56. The number of aryl methyl sites for hydroxylation is 3. The van der Waals surface area contributed by atoms with Crippen molar-refractivity contribution >= 4 is 5.97 Å². The minimum absolute atomic E-state index is 0.350. The Morgan fingerprint density at radius 2 is 2.15 bits per heavy atom. The lowest BCUT2D eigenvalue weighted by Gasteiger charge is -2.18. The van der Waals surface area contributed by atoms with Crippen molar-refractivity contribution in [2.24, 2.45) is 5.92 Å². The van der Waals surface area contributed by atoms with E-state index in [2.05, 4.69) is 36.1 Å². The third kappa shape index (κ3) is 2.19. The topological polar surface area (TPSA) is 68.0 Å². The first-order valence-corrected chi connectivity index (χ1v) is 6.79. The second-order valence-corrected chi connectivity index (χ2v) is 5.41. The Kier molecular flexibility index (Phi) is 3.04. The number of benzene rings is 1. The average Bonchev–Trinajstić information content (AvgIpc) is 2.84. The summed E-state index contributed by atoms with van der Waals surface area (Å²) in [5, 5.41) is 13.6. The third-order valence-corrected chi connectivity index (χ3v) is 3.97. The zero-order valence-corrected chi connectivity index (χ0v) is 11.6. The molecule has 5 nitrogen and oxygen atoms in total. The monoisotopic (exact) mass is 271 g/mol. The number of carbonyl (C=O) groups is 1. The molecular formula is C15H17N3O2. The predicted octanol–water partition coefficient (Wildman–Crippen LogP) is 2.21. The summed E-state index contributed by atoms with van der Waals surface area (Å²) in [6.07, 6.45) is 1.31. The van der Waals surface area contributed by atoms with Gasteiger partial charge in [0, 0.05) is 12.0 Å². The molecule has 1 aromatic carbocycles. The van der Waals surface area contributed by atoms with Crippen molar-refractivity contribution in [2.45, 2.75) is 33.2 Å². The molecule has 5 heteroatoms. The molecule has 0 saturated heterocycles. The summed E-state index contributed by atoms with van der Waals surface area (Å²) < 4.78 is 1.74. The van der Waals surface area contributed by atoms with Crippen LogP contribution in [-0.4, -0.2) is 25.8 Å². The molecule has 1 aromatic heterocycles. The minimum Gasteiger partial charge on any atom is -0.481 e. The summed E-state index contributed by atoms with van der Waals surface area (Å²) in [4.78, 5) is 15.6. The van der Waals surface area contributed by atoms with Gasteiger partial charge in [-0.1, -0.05) is 12.1 Å². The van der Waals surface area contributed by atoms with Gasteiger partial charge in [0.15, 0.2) is 5.82 Å². The number of aromatic nitrogens is 3. The van der Waals surface area contributed by atoms with E-state index in [1.807, 2.05) is 6.07 Å². The van der Waals surface area contributed by atoms with E-state index in [4.69, 9.17) is 5.11 Å². The fraction of sp³-hybridized carbons (Fsp3) is 0.400. The van der Waals surface area contributed by atoms with E-state index in [0.29, 0.717) is 25.2 Å². The van der Waals surface area contributed by atoms with Gasteiger partial charge in [0.25, 0.3) is 0 Å². The molecule has 0 radical (unpaired) electrons. The van der Waals surface area contributed by atoms with E-state index in [9.17, 15) is 4.79 Å². The van der Waals surface area contributed by atoms with Gasteiger partial charge in [-0.2, -0.15) is 5.10 Å². The molecule has 0 saturated carbocycles. The van der Waals surface area contributed by atoms with Crippen LogP contribution < -0.4 is 0 Å². The number of hydrogen-bond donors (Lipinski definition) is 1. The van der Waals surface area contributed by atoms with Crippen LogP contribution in [-0.2, 0) is 17.8 Å². The predicted molar refractivity (Wildman–Crippen MR) is 74.4 cm³/mol. The van der Waals surface area contributed by atoms with Crippen LogP contribution in [0.15, 0.2) is 18.2 Å². The lowest BCUT2D eigenvalue weighted by atomic mass is 10.0. The lowest BCUT2D eigenvalue weighted by molar-refractivity contribution is -0.142. The highest BCUT2D eigenvalue weighted by atomic mass is 16.4. The zero-order valence-electron chi connectivity index (χ0n) is 11.6. The van der Waals surface area contributed by atoms with Crippen LogP contribution in [0.25, 0.3) is 11.4 Å². The van der Waals surface area contributed by atoms with Gasteiger partial charge in [-0.3, -0.25) is 4.79 Å². The van der Waals surface area contributed by atoms with Crippen LogP contribution in [0.3, 0.4) is 0 Å². The first-order chi connectivity index (χ1) is 9.54. The Morgan fingerprint density at radius 1 is 1.35 bits per heavy atom. The number of nitrogens with zero attached hydrogens (tertiary/aromatic N) is 3. The van der Waals surface area contributed by atoms with Gasteiger partial charge in [-0.05, 0) is 37.5 Å². The number of fused-ring (bicyclic) bond motifs is 1. The Bertz CT molecular complexity index is 676. The standard InChI is InChI=1S/C15H17N3O2/c1-9-3-4-11(7-10(9)2)14-16-13-6-5-12(15(19)20)8-18(13)17-14/h3-4,7,12H,5-6,8H2,1-2H3,(H,19,20). The molecule has 0 aliphatic carbocycles. The van der Waals surface area contributed by atoms with E-state index in [1.54, 1.807) is 4.68 Å². The quantitative estimate of drug-likeness (QED) is 0.909. The second kappa shape index (κ2) is 4.74. The number of rotatable bonds is 2. The molecule has 0 spiro atoms. The SMILES string of the molecule is Cc1ccc(-c2nc3n(n2)CC(C(=O)O)CC3)cc1C. The maximum Gasteiger partial charge on any atom is 0.308 e. The smallest absolute Gasteiger partial charge is 0.308 e. The molecule has 1 aliphatic heterocycles.